The average molecular weight is 556 g/mol. The summed E-state index contributed by atoms with van der Waals surface area (Å²) < 4.78 is 48.6. The van der Waals surface area contributed by atoms with E-state index >= 15 is 0 Å². The molecule has 0 spiro atoms. The third-order valence-electron chi connectivity index (χ3n) is 6.23. The molecule has 1 N–H and O–H groups in total. The Balaban J connectivity index is 2.08. The number of likely N-dealkylation sites (N-methyl/N-ethyl adjacent to an activating group) is 1. The number of sulfonamides is 1. The third kappa shape index (κ3) is 7.14. The summed E-state index contributed by atoms with van der Waals surface area (Å²) in [6.45, 7) is 5.02. The van der Waals surface area contributed by atoms with Crippen LogP contribution in [0.5, 0.6) is 5.75 Å². The molecule has 0 saturated heterocycles. The molecule has 3 rings (SSSR count). The molecular formula is C29H34FN3O5S. The topological polar surface area (TPSA) is 96.0 Å². The molecule has 0 radical (unpaired) electrons. The molecule has 0 heterocycles. The number of methoxy groups -OCH3 is 1. The maximum Gasteiger partial charge on any atom is 0.264 e. The molecule has 1 unspecified atom stereocenters. The fraction of sp³-hybridized carbons (Fsp3) is 0.310. The lowest BCUT2D eigenvalue weighted by Crippen LogP contribution is -2.52. The summed E-state index contributed by atoms with van der Waals surface area (Å²) in [5.41, 5.74) is 1.27. The number of benzene rings is 3. The SMILES string of the molecule is CCNC(=O)C(CC)N(Cc1cccc(OC)c1)C(=O)CN(c1ccccc1F)S(=O)(=O)c1ccc(C)cc1. The Morgan fingerprint density at radius 2 is 1.69 bits per heavy atom. The highest BCUT2D eigenvalue weighted by Crippen LogP contribution is 2.27. The molecule has 0 aliphatic rings. The van der Waals surface area contributed by atoms with Gasteiger partial charge in [-0.1, -0.05) is 48.9 Å². The number of carbonyl (C=O) groups is 2. The second kappa shape index (κ2) is 13.2. The highest BCUT2D eigenvalue weighted by molar-refractivity contribution is 7.92. The van der Waals surface area contributed by atoms with E-state index in [4.69, 9.17) is 4.74 Å². The number of para-hydroxylation sites is 1. The Hall–Kier alpha value is -3.92. The summed E-state index contributed by atoms with van der Waals surface area (Å²) in [4.78, 5) is 28.1. The van der Waals surface area contributed by atoms with Crippen LogP contribution in [0.1, 0.15) is 31.4 Å². The van der Waals surface area contributed by atoms with E-state index in [9.17, 15) is 22.4 Å². The number of anilines is 1. The molecule has 3 aromatic rings. The molecule has 1 atom stereocenters. The van der Waals surface area contributed by atoms with E-state index < -0.39 is 34.3 Å². The van der Waals surface area contributed by atoms with E-state index in [0.29, 0.717) is 17.9 Å². The van der Waals surface area contributed by atoms with Crippen LogP contribution in [0.25, 0.3) is 0 Å². The van der Waals surface area contributed by atoms with E-state index in [2.05, 4.69) is 5.32 Å². The summed E-state index contributed by atoms with van der Waals surface area (Å²) in [6.07, 6.45) is 0.284. The number of nitrogens with zero attached hydrogens (tertiary/aromatic N) is 2. The number of carbonyl (C=O) groups excluding carboxylic acids is 2. The molecule has 39 heavy (non-hydrogen) atoms. The Labute approximate surface area is 229 Å². The number of hydrogen-bond donors (Lipinski definition) is 1. The third-order valence-corrected chi connectivity index (χ3v) is 8.01. The van der Waals surface area contributed by atoms with Gasteiger partial charge in [0.1, 0.15) is 24.2 Å². The molecule has 8 nitrogen and oxygen atoms in total. The normalized spacial score (nSPS) is 11.9. The van der Waals surface area contributed by atoms with Crippen molar-refractivity contribution in [1.82, 2.24) is 10.2 Å². The van der Waals surface area contributed by atoms with Gasteiger partial charge in [-0.15, -0.1) is 0 Å². The molecule has 0 aliphatic heterocycles. The Morgan fingerprint density at radius 3 is 2.31 bits per heavy atom. The minimum absolute atomic E-state index is 0.0152. The highest BCUT2D eigenvalue weighted by atomic mass is 32.2. The second-order valence-electron chi connectivity index (χ2n) is 8.97. The number of aryl methyl sites for hydroxylation is 1. The fourth-order valence-electron chi connectivity index (χ4n) is 4.18. The van der Waals surface area contributed by atoms with Crippen LogP contribution in [0.4, 0.5) is 10.1 Å². The minimum Gasteiger partial charge on any atom is -0.497 e. The Kier molecular flexibility index (Phi) is 10.1. The first-order valence-electron chi connectivity index (χ1n) is 12.7. The van der Waals surface area contributed by atoms with Crippen LogP contribution in [0, 0.1) is 12.7 Å². The van der Waals surface area contributed by atoms with Crippen molar-refractivity contribution in [2.45, 2.75) is 44.7 Å². The molecule has 3 aromatic carbocycles. The van der Waals surface area contributed by atoms with Gasteiger partial charge in [-0.05, 0) is 62.2 Å². The number of halogens is 1. The standard InChI is InChI=1S/C29H34FN3O5S/c1-5-26(29(35)31-6-2)32(19-22-10-9-11-23(18-22)38-4)28(34)20-33(27-13-8-7-12-25(27)30)39(36,37)24-16-14-21(3)15-17-24/h7-18,26H,5-6,19-20H2,1-4H3,(H,31,35). The zero-order valence-electron chi connectivity index (χ0n) is 22.6. The fourth-order valence-corrected chi connectivity index (χ4v) is 5.61. The molecule has 0 fully saturated rings. The van der Waals surface area contributed by atoms with Gasteiger partial charge >= 0.3 is 0 Å². The van der Waals surface area contributed by atoms with E-state index in [0.717, 1.165) is 15.9 Å². The second-order valence-corrected chi connectivity index (χ2v) is 10.8. The number of rotatable bonds is 12. The zero-order chi connectivity index (χ0) is 28.6. The van der Waals surface area contributed by atoms with Gasteiger partial charge in [-0.25, -0.2) is 12.8 Å². The monoisotopic (exact) mass is 555 g/mol. The number of hydrogen-bond acceptors (Lipinski definition) is 5. The van der Waals surface area contributed by atoms with Crippen molar-refractivity contribution in [3.8, 4) is 5.75 Å². The first-order valence-corrected chi connectivity index (χ1v) is 14.1. The van der Waals surface area contributed by atoms with E-state index in [1.807, 2.05) is 6.92 Å². The predicted octanol–water partition coefficient (Wildman–Crippen LogP) is 4.28. The lowest BCUT2D eigenvalue weighted by atomic mass is 10.1. The molecule has 0 aromatic heterocycles. The van der Waals surface area contributed by atoms with Crippen LogP contribution in [0.3, 0.4) is 0 Å². The van der Waals surface area contributed by atoms with Crippen LogP contribution in [0.15, 0.2) is 77.7 Å². The highest BCUT2D eigenvalue weighted by Gasteiger charge is 2.34. The summed E-state index contributed by atoms with van der Waals surface area (Å²) in [7, 11) is -2.82. The van der Waals surface area contributed by atoms with Gasteiger partial charge < -0.3 is 15.0 Å². The van der Waals surface area contributed by atoms with Crippen LogP contribution >= 0.6 is 0 Å². The molecule has 0 aliphatic carbocycles. The Bertz CT molecular complexity index is 1400. The lowest BCUT2D eigenvalue weighted by molar-refractivity contribution is -0.140. The summed E-state index contributed by atoms with van der Waals surface area (Å²) >= 11 is 0. The van der Waals surface area contributed by atoms with Crippen LogP contribution in [-0.2, 0) is 26.2 Å². The van der Waals surface area contributed by atoms with Gasteiger partial charge in [0.25, 0.3) is 10.0 Å². The van der Waals surface area contributed by atoms with Gasteiger partial charge in [0.2, 0.25) is 11.8 Å². The quantitative estimate of drug-likeness (QED) is 0.360. The molecular weight excluding hydrogens is 521 g/mol. The predicted molar refractivity (Wildman–Crippen MR) is 148 cm³/mol. The van der Waals surface area contributed by atoms with Crippen molar-refractivity contribution in [3.05, 3.63) is 89.7 Å². The lowest BCUT2D eigenvalue weighted by Gasteiger charge is -2.33. The first-order chi connectivity index (χ1) is 18.6. The van der Waals surface area contributed by atoms with Crippen LogP contribution in [-0.4, -0.2) is 51.4 Å². The summed E-state index contributed by atoms with van der Waals surface area (Å²) in [5.74, 6) is -1.25. The Morgan fingerprint density at radius 1 is 1.00 bits per heavy atom. The largest absolute Gasteiger partial charge is 0.497 e. The molecule has 2 amide bonds. The maximum atomic E-state index is 15.0. The van der Waals surface area contributed by atoms with Gasteiger partial charge in [0, 0.05) is 13.1 Å². The van der Waals surface area contributed by atoms with Gasteiger partial charge in [-0.3, -0.25) is 13.9 Å². The molecule has 0 bridgehead atoms. The van der Waals surface area contributed by atoms with Crippen molar-refractivity contribution in [2.24, 2.45) is 0 Å². The van der Waals surface area contributed by atoms with E-state index in [-0.39, 0.29) is 29.5 Å². The van der Waals surface area contributed by atoms with Crippen molar-refractivity contribution in [2.75, 3.05) is 24.5 Å². The summed E-state index contributed by atoms with van der Waals surface area (Å²) in [5, 5.41) is 2.75. The van der Waals surface area contributed by atoms with Crippen molar-refractivity contribution >= 4 is 27.5 Å². The van der Waals surface area contributed by atoms with Gasteiger partial charge in [0.05, 0.1) is 17.7 Å². The van der Waals surface area contributed by atoms with Crippen molar-refractivity contribution in [3.63, 3.8) is 0 Å². The van der Waals surface area contributed by atoms with Crippen molar-refractivity contribution in [1.29, 1.82) is 0 Å². The first kappa shape index (κ1) is 29.6. The number of nitrogens with one attached hydrogen (secondary N) is 1. The number of amides is 2. The minimum atomic E-state index is -4.34. The molecule has 208 valence electrons. The van der Waals surface area contributed by atoms with Crippen LogP contribution < -0.4 is 14.4 Å². The van der Waals surface area contributed by atoms with E-state index in [1.54, 1.807) is 50.2 Å². The molecule has 0 saturated carbocycles. The smallest absolute Gasteiger partial charge is 0.264 e. The van der Waals surface area contributed by atoms with Gasteiger partial charge in [0.15, 0.2) is 0 Å². The zero-order valence-corrected chi connectivity index (χ0v) is 23.4. The molecule has 10 heteroatoms. The van der Waals surface area contributed by atoms with E-state index in [1.165, 1.54) is 42.3 Å². The van der Waals surface area contributed by atoms with Gasteiger partial charge in [-0.2, -0.15) is 0 Å². The maximum absolute atomic E-state index is 15.0. The average Bonchev–Trinajstić information content (AvgIpc) is 2.92. The van der Waals surface area contributed by atoms with Crippen LogP contribution in [0.2, 0.25) is 0 Å². The van der Waals surface area contributed by atoms with Crippen molar-refractivity contribution < 1.29 is 27.1 Å². The summed E-state index contributed by atoms with van der Waals surface area (Å²) in [6, 6.07) is 17.6. The number of ether oxygens (including phenoxy) is 1.